The summed E-state index contributed by atoms with van der Waals surface area (Å²) in [5, 5.41) is 6.78. The van der Waals surface area contributed by atoms with Crippen LogP contribution in [0.5, 0.6) is 0 Å². The predicted molar refractivity (Wildman–Crippen MR) is 136 cm³/mol. The van der Waals surface area contributed by atoms with Gasteiger partial charge in [0.25, 0.3) is 0 Å². The molecule has 1 amide bonds. The molecule has 196 valence electrons. The highest BCUT2D eigenvalue weighted by atomic mass is 32.2. The van der Waals surface area contributed by atoms with Crippen LogP contribution in [0.25, 0.3) is 12.2 Å². The molecular weight excluding hydrogens is 500 g/mol. The van der Waals surface area contributed by atoms with Crippen molar-refractivity contribution in [3.8, 4) is 0 Å². The Labute approximate surface area is 215 Å². The zero-order chi connectivity index (χ0) is 26.6. The van der Waals surface area contributed by atoms with Crippen molar-refractivity contribution in [3.05, 3.63) is 82.7 Å². The fourth-order valence-electron chi connectivity index (χ4n) is 4.39. The third-order valence-corrected chi connectivity index (χ3v) is 8.64. The van der Waals surface area contributed by atoms with Gasteiger partial charge in [-0.25, -0.2) is 17.2 Å². The van der Waals surface area contributed by atoms with Gasteiger partial charge in [-0.05, 0) is 55.5 Å². The van der Waals surface area contributed by atoms with Crippen molar-refractivity contribution in [2.45, 2.75) is 37.5 Å². The van der Waals surface area contributed by atoms with E-state index in [0.717, 1.165) is 17.7 Å². The zero-order valence-electron chi connectivity index (χ0n) is 20.7. The lowest BCUT2D eigenvalue weighted by Crippen LogP contribution is -2.43. The molecule has 3 aromatic rings. The number of benzene rings is 2. The zero-order valence-corrected chi connectivity index (χ0v) is 21.5. The smallest absolute Gasteiger partial charge is 0.248 e. The molecule has 4 rings (SSSR count). The van der Waals surface area contributed by atoms with Gasteiger partial charge in [0.1, 0.15) is 17.3 Å². The SMILES string of the molecule is Cc1noc(C=Cc2ccc(F)cc2F)c1S(=O)(=O)N1CCC(C(=O)NCC(C)c2ccccc2)CC1. The largest absolute Gasteiger partial charge is 0.355 e. The predicted octanol–water partition coefficient (Wildman–Crippen LogP) is 4.75. The first-order valence-electron chi connectivity index (χ1n) is 12.1. The van der Waals surface area contributed by atoms with Gasteiger partial charge in [-0.2, -0.15) is 4.31 Å². The molecule has 1 saturated heterocycles. The normalized spacial score (nSPS) is 16.2. The molecule has 2 heterocycles. The van der Waals surface area contributed by atoms with E-state index in [1.807, 2.05) is 37.3 Å². The highest BCUT2D eigenvalue weighted by Gasteiger charge is 2.36. The molecule has 1 aromatic heterocycles. The molecule has 0 bridgehead atoms. The maximum absolute atomic E-state index is 14.0. The Hall–Kier alpha value is -3.37. The second kappa shape index (κ2) is 11.4. The molecule has 1 fully saturated rings. The van der Waals surface area contributed by atoms with Gasteiger partial charge in [-0.1, -0.05) is 42.4 Å². The summed E-state index contributed by atoms with van der Waals surface area (Å²) < 4.78 is 60.5. The lowest BCUT2D eigenvalue weighted by atomic mass is 9.96. The van der Waals surface area contributed by atoms with Crippen LogP contribution >= 0.6 is 0 Å². The molecule has 1 aliphatic rings. The summed E-state index contributed by atoms with van der Waals surface area (Å²) in [7, 11) is -3.97. The second-order valence-corrected chi connectivity index (χ2v) is 11.1. The number of nitrogens with zero attached hydrogens (tertiary/aromatic N) is 2. The van der Waals surface area contributed by atoms with Gasteiger partial charge < -0.3 is 9.84 Å². The average molecular weight is 530 g/mol. The Bertz CT molecular complexity index is 1380. The minimum absolute atomic E-state index is 0.0454. The van der Waals surface area contributed by atoms with E-state index in [1.54, 1.807) is 0 Å². The standard InChI is InChI=1S/C27H29F2N3O4S/c1-18(20-6-4-3-5-7-20)17-30-27(33)22-12-14-32(15-13-22)37(34,35)26-19(2)31-36-25(26)11-9-21-8-10-23(28)16-24(21)29/h3-11,16,18,22H,12-15,17H2,1-2H3,(H,30,33). The van der Waals surface area contributed by atoms with E-state index >= 15 is 0 Å². The van der Waals surface area contributed by atoms with Gasteiger partial charge in [0, 0.05) is 37.2 Å². The Balaban J connectivity index is 1.39. The Kier molecular flexibility index (Phi) is 8.19. The maximum atomic E-state index is 14.0. The first-order valence-corrected chi connectivity index (χ1v) is 13.5. The van der Waals surface area contributed by atoms with Crippen LogP contribution in [0.4, 0.5) is 8.78 Å². The summed E-state index contributed by atoms with van der Waals surface area (Å²) in [6, 6.07) is 13.0. The second-order valence-electron chi connectivity index (χ2n) is 9.20. The number of nitrogens with one attached hydrogen (secondary N) is 1. The number of piperidine rings is 1. The number of hydrogen-bond acceptors (Lipinski definition) is 5. The molecule has 0 radical (unpaired) electrons. The Morgan fingerprint density at radius 2 is 1.86 bits per heavy atom. The van der Waals surface area contributed by atoms with Crippen molar-refractivity contribution in [2.24, 2.45) is 5.92 Å². The number of carbonyl (C=O) groups excluding carboxylic acids is 1. The summed E-state index contributed by atoms with van der Waals surface area (Å²) in [4.78, 5) is 12.6. The molecule has 1 unspecified atom stereocenters. The van der Waals surface area contributed by atoms with Crippen LogP contribution in [-0.4, -0.2) is 43.4 Å². The molecule has 0 spiro atoms. The van der Waals surface area contributed by atoms with Gasteiger partial charge in [0.05, 0.1) is 0 Å². The summed E-state index contributed by atoms with van der Waals surface area (Å²) in [5.41, 5.74) is 1.39. The summed E-state index contributed by atoms with van der Waals surface area (Å²) in [5.74, 6) is -1.73. The molecule has 7 nitrogen and oxygen atoms in total. The van der Waals surface area contributed by atoms with Crippen LogP contribution in [0.2, 0.25) is 0 Å². The van der Waals surface area contributed by atoms with Gasteiger partial charge in [0.15, 0.2) is 10.7 Å². The Morgan fingerprint density at radius 3 is 2.54 bits per heavy atom. The molecule has 1 N–H and O–H groups in total. The summed E-state index contributed by atoms with van der Waals surface area (Å²) in [6.45, 7) is 4.42. The van der Waals surface area contributed by atoms with Crippen LogP contribution < -0.4 is 5.32 Å². The summed E-state index contributed by atoms with van der Waals surface area (Å²) in [6.07, 6.45) is 3.39. The van der Waals surface area contributed by atoms with Crippen LogP contribution in [0.3, 0.4) is 0 Å². The first-order chi connectivity index (χ1) is 17.7. The van der Waals surface area contributed by atoms with Gasteiger partial charge in [-0.15, -0.1) is 0 Å². The lowest BCUT2D eigenvalue weighted by Gasteiger charge is -2.30. The van der Waals surface area contributed by atoms with E-state index in [0.29, 0.717) is 19.4 Å². The van der Waals surface area contributed by atoms with E-state index < -0.39 is 21.7 Å². The number of sulfonamides is 1. The van der Waals surface area contributed by atoms with E-state index in [2.05, 4.69) is 10.5 Å². The van der Waals surface area contributed by atoms with Gasteiger partial charge >= 0.3 is 0 Å². The van der Waals surface area contributed by atoms with E-state index in [4.69, 9.17) is 4.52 Å². The third-order valence-electron chi connectivity index (χ3n) is 6.58. The number of aryl methyl sites for hydroxylation is 1. The van der Waals surface area contributed by atoms with E-state index in [1.165, 1.54) is 29.4 Å². The monoisotopic (exact) mass is 529 g/mol. The van der Waals surface area contributed by atoms with Gasteiger partial charge in [-0.3, -0.25) is 4.79 Å². The van der Waals surface area contributed by atoms with Crippen LogP contribution in [0, 0.1) is 24.5 Å². The third kappa shape index (κ3) is 6.14. The topological polar surface area (TPSA) is 92.5 Å². The van der Waals surface area contributed by atoms with Crippen molar-refractivity contribution in [2.75, 3.05) is 19.6 Å². The van der Waals surface area contributed by atoms with Crippen molar-refractivity contribution in [1.29, 1.82) is 0 Å². The minimum atomic E-state index is -3.97. The number of carbonyl (C=O) groups is 1. The van der Waals surface area contributed by atoms with Crippen molar-refractivity contribution < 1.29 is 26.5 Å². The molecule has 2 aromatic carbocycles. The van der Waals surface area contributed by atoms with Crippen LogP contribution in [-0.2, 0) is 14.8 Å². The number of hydrogen-bond donors (Lipinski definition) is 1. The van der Waals surface area contributed by atoms with Gasteiger partial charge in [0.2, 0.25) is 15.9 Å². The fraction of sp³-hybridized carbons (Fsp3) is 0.333. The van der Waals surface area contributed by atoms with Crippen LogP contribution in [0.1, 0.15) is 48.3 Å². The van der Waals surface area contributed by atoms with E-state index in [9.17, 15) is 22.0 Å². The Morgan fingerprint density at radius 1 is 1.16 bits per heavy atom. The number of aromatic nitrogens is 1. The molecule has 37 heavy (non-hydrogen) atoms. The van der Waals surface area contributed by atoms with Crippen molar-refractivity contribution >= 4 is 28.1 Å². The summed E-state index contributed by atoms with van der Waals surface area (Å²) >= 11 is 0. The number of halogens is 2. The molecule has 1 aliphatic heterocycles. The molecule has 0 aliphatic carbocycles. The van der Waals surface area contributed by atoms with Crippen molar-refractivity contribution in [1.82, 2.24) is 14.8 Å². The number of rotatable bonds is 8. The molecule has 1 atom stereocenters. The minimum Gasteiger partial charge on any atom is -0.355 e. The first kappa shape index (κ1) is 26.7. The maximum Gasteiger partial charge on any atom is 0.248 e. The molecular formula is C27H29F2N3O4S. The number of amides is 1. The van der Waals surface area contributed by atoms with Crippen LogP contribution in [0.15, 0.2) is 57.9 Å². The average Bonchev–Trinajstić information content (AvgIpc) is 3.28. The highest BCUT2D eigenvalue weighted by molar-refractivity contribution is 7.89. The quantitative estimate of drug-likeness (QED) is 0.455. The van der Waals surface area contributed by atoms with Crippen molar-refractivity contribution in [3.63, 3.8) is 0 Å². The fourth-order valence-corrected chi connectivity index (χ4v) is 6.11. The van der Waals surface area contributed by atoms with E-state index in [-0.39, 0.29) is 52.7 Å². The molecule has 10 heteroatoms. The lowest BCUT2D eigenvalue weighted by molar-refractivity contribution is -0.126. The molecule has 0 saturated carbocycles. The highest BCUT2D eigenvalue weighted by Crippen LogP contribution is 2.29.